The number of nitrogens with one attached hydrogen (secondary N) is 2. The third-order valence-corrected chi connectivity index (χ3v) is 6.58. The lowest BCUT2D eigenvalue weighted by Crippen LogP contribution is -2.36. The number of amides is 1. The summed E-state index contributed by atoms with van der Waals surface area (Å²) in [5.41, 5.74) is 1.15. The van der Waals surface area contributed by atoms with E-state index in [1.54, 1.807) is 42.5 Å². The summed E-state index contributed by atoms with van der Waals surface area (Å²) >= 11 is 18.2. The fourth-order valence-electron chi connectivity index (χ4n) is 3.74. The smallest absolute Gasteiger partial charge is 0.389 e. The van der Waals surface area contributed by atoms with Gasteiger partial charge in [0.1, 0.15) is 6.54 Å². The molecule has 0 saturated carbocycles. The summed E-state index contributed by atoms with van der Waals surface area (Å²) in [5, 5.41) is 16.2. The van der Waals surface area contributed by atoms with Crippen LogP contribution in [0.3, 0.4) is 0 Å². The van der Waals surface area contributed by atoms with E-state index in [9.17, 15) is 27.9 Å². The first-order valence-electron chi connectivity index (χ1n) is 11.0. The van der Waals surface area contributed by atoms with Crippen LogP contribution in [0.15, 0.2) is 47.3 Å². The van der Waals surface area contributed by atoms with Crippen molar-refractivity contribution in [2.24, 2.45) is 0 Å². The lowest BCUT2D eigenvalue weighted by Gasteiger charge is -2.18. The lowest BCUT2D eigenvalue weighted by molar-refractivity contribution is -0.135. The Morgan fingerprint density at radius 2 is 1.78 bits per heavy atom. The van der Waals surface area contributed by atoms with Crippen molar-refractivity contribution in [3.05, 3.63) is 79.0 Å². The molecule has 1 aromatic heterocycles. The van der Waals surface area contributed by atoms with E-state index in [4.69, 9.17) is 34.8 Å². The van der Waals surface area contributed by atoms with Crippen LogP contribution < -0.4 is 10.9 Å². The van der Waals surface area contributed by atoms with Gasteiger partial charge in [0.2, 0.25) is 5.91 Å². The molecule has 0 bridgehead atoms. The minimum Gasteiger partial charge on any atom is -0.394 e. The molecule has 6 nitrogen and oxygen atoms in total. The highest BCUT2D eigenvalue weighted by atomic mass is 35.5. The maximum absolute atomic E-state index is 13.1. The number of halogens is 6. The van der Waals surface area contributed by atoms with Gasteiger partial charge in [-0.1, -0.05) is 59.1 Å². The van der Waals surface area contributed by atoms with E-state index < -0.39 is 43.3 Å². The Hall–Kier alpha value is -2.46. The molecular formula is C24H23Cl3F3N3O3. The number of carbonyl (C=O) groups is 1. The molecule has 12 heteroatoms. The minimum absolute atomic E-state index is 0.0926. The van der Waals surface area contributed by atoms with Gasteiger partial charge >= 0.3 is 6.18 Å². The van der Waals surface area contributed by atoms with Crippen LogP contribution in [-0.4, -0.2) is 33.6 Å². The van der Waals surface area contributed by atoms with Crippen LogP contribution in [0.25, 0.3) is 11.3 Å². The van der Waals surface area contributed by atoms with E-state index >= 15 is 0 Å². The van der Waals surface area contributed by atoms with Crippen molar-refractivity contribution >= 4 is 40.7 Å². The number of rotatable bonds is 10. The van der Waals surface area contributed by atoms with Gasteiger partial charge in [-0.25, -0.2) is 4.68 Å². The van der Waals surface area contributed by atoms with Gasteiger partial charge in [0.25, 0.3) is 5.56 Å². The Bertz CT molecular complexity index is 1260. The Morgan fingerprint density at radius 3 is 2.42 bits per heavy atom. The fourth-order valence-corrected chi connectivity index (χ4v) is 4.31. The molecule has 0 saturated heterocycles. The van der Waals surface area contributed by atoms with Crippen LogP contribution >= 0.6 is 34.8 Å². The summed E-state index contributed by atoms with van der Waals surface area (Å²) in [6, 6.07) is 10.5. The fraction of sp³-hybridized carbons (Fsp3) is 0.333. The van der Waals surface area contributed by atoms with Gasteiger partial charge in [-0.2, -0.15) is 13.2 Å². The number of nitrogens with zero attached hydrogens (tertiary/aromatic N) is 1. The number of hydrogen-bond acceptors (Lipinski definition) is 3. The molecule has 0 spiro atoms. The van der Waals surface area contributed by atoms with Gasteiger partial charge in [-0.05, 0) is 48.6 Å². The molecule has 1 atom stereocenters. The quantitative estimate of drug-likeness (QED) is 0.267. The molecule has 1 heterocycles. The number of carbonyl (C=O) groups excluding carboxylic acids is 1. The van der Waals surface area contributed by atoms with Crippen molar-refractivity contribution in [1.82, 2.24) is 15.1 Å². The molecule has 194 valence electrons. The van der Waals surface area contributed by atoms with E-state index in [1.165, 1.54) is 0 Å². The highest BCUT2D eigenvalue weighted by Crippen LogP contribution is 2.30. The normalized spacial score (nSPS) is 12.5. The molecule has 3 rings (SSSR count). The van der Waals surface area contributed by atoms with Crippen LogP contribution in [0.2, 0.25) is 15.1 Å². The Labute approximate surface area is 220 Å². The highest BCUT2D eigenvalue weighted by Gasteiger charge is 2.26. The Kier molecular flexibility index (Phi) is 9.52. The summed E-state index contributed by atoms with van der Waals surface area (Å²) in [7, 11) is 0. The summed E-state index contributed by atoms with van der Waals surface area (Å²) in [5.74, 6) is -0.597. The van der Waals surface area contributed by atoms with Gasteiger partial charge in [-0.3, -0.25) is 14.7 Å². The molecule has 3 N–H and O–H groups in total. The maximum atomic E-state index is 13.1. The summed E-state index contributed by atoms with van der Waals surface area (Å²) in [6.45, 7) is -0.886. The summed E-state index contributed by atoms with van der Waals surface area (Å²) in [4.78, 5) is 25.9. The second-order valence-electron chi connectivity index (χ2n) is 8.13. The number of H-pyrrole nitrogens is 1. The van der Waals surface area contributed by atoms with Crippen molar-refractivity contribution in [3.63, 3.8) is 0 Å². The van der Waals surface area contributed by atoms with E-state index in [0.717, 1.165) is 4.68 Å². The molecule has 1 unspecified atom stereocenters. The zero-order valence-electron chi connectivity index (χ0n) is 18.8. The van der Waals surface area contributed by atoms with Crippen LogP contribution in [-0.2, 0) is 17.8 Å². The second-order valence-corrected chi connectivity index (χ2v) is 9.35. The Balaban J connectivity index is 1.83. The molecule has 36 heavy (non-hydrogen) atoms. The number of hydrogen-bond donors (Lipinski definition) is 3. The van der Waals surface area contributed by atoms with Crippen LogP contribution in [0.1, 0.15) is 36.4 Å². The molecule has 2 aromatic carbocycles. The first-order valence-corrected chi connectivity index (χ1v) is 12.1. The van der Waals surface area contributed by atoms with E-state index in [2.05, 4.69) is 10.4 Å². The maximum Gasteiger partial charge on any atom is 0.389 e. The minimum atomic E-state index is -4.27. The van der Waals surface area contributed by atoms with Gasteiger partial charge in [-0.15, -0.1) is 0 Å². The highest BCUT2D eigenvalue weighted by molar-refractivity contribution is 6.42. The largest absolute Gasteiger partial charge is 0.394 e. The van der Waals surface area contributed by atoms with E-state index in [-0.39, 0.29) is 34.9 Å². The molecular weight excluding hydrogens is 542 g/mol. The first kappa shape index (κ1) is 28.1. The molecule has 0 fully saturated rings. The zero-order valence-corrected chi connectivity index (χ0v) is 21.1. The lowest BCUT2D eigenvalue weighted by atomic mass is 10.0. The second kappa shape index (κ2) is 12.2. The van der Waals surface area contributed by atoms with Gasteiger partial charge in [0.05, 0.1) is 28.4 Å². The third kappa shape index (κ3) is 7.29. The van der Waals surface area contributed by atoms with Crippen molar-refractivity contribution < 1.29 is 23.1 Å². The summed E-state index contributed by atoms with van der Waals surface area (Å²) < 4.78 is 38.7. The van der Waals surface area contributed by atoms with E-state index in [0.29, 0.717) is 21.8 Å². The third-order valence-electron chi connectivity index (χ3n) is 5.50. The number of aromatic amines is 1. The van der Waals surface area contributed by atoms with Crippen LogP contribution in [0.5, 0.6) is 0 Å². The molecule has 0 radical (unpaired) electrons. The summed E-state index contributed by atoms with van der Waals surface area (Å²) in [6.07, 6.45) is -5.12. The Morgan fingerprint density at radius 1 is 1.08 bits per heavy atom. The average molecular weight is 565 g/mol. The number of aromatic nitrogens is 2. The molecule has 1 amide bonds. The molecule has 0 aliphatic carbocycles. The first-order chi connectivity index (χ1) is 17.0. The van der Waals surface area contributed by atoms with E-state index in [1.807, 2.05) is 0 Å². The van der Waals surface area contributed by atoms with Crippen molar-refractivity contribution in [1.29, 1.82) is 0 Å². The van der Waals surface area contributed by atoms with Gasteiger partial charge < -0.3 is 10.4 Å². The molecule has 3 aromatic rings. The van der Waals surface area contributed by atoms with Crippen LogP contribution in [0, 0.1) is 0 Å². The van der Waals surface area contributed by atoms with Crippen molar-refractivity contribution in [2.75, 3.05) is 6.61 Å². The number of alkyl halides is 3. The number of aliphatic hydroxyl groups is 1. The predicted molar refractivity (Wildman–Crippen MR) is 134 cm³/mol. The number of unbranched alkanes of at least 4 members (excludes halogenated alkanes) is 1. The zero-order chi connectivity index (χ0) is 26.5. The average Bonchev–Trinajstić information content (AvgIpc) is 3.12. The predicted octanol–water partition coefficient (Wildman–Crippen LogP) is 5.93. The van der Waals surface area contributed by atoms with Crippen molar-refractivity contribution in [2.45, 2.75) is 44.4 Å². The molecule has 0 aliphatic heterocycles. The standard InChI is InChI=1S/C24H23Cl3F3N3O3/c25-15-9-7-14(8-10-15)22-17(4-1-2-11-24(28,29)30)23(36)33(32-22)12-20(35)31-19(13-34)16-5-3-6-18(26)21(16)27/h3,5-10,19,32,34H,1-2,4,11-13H2,(H,31,35). The monoisotopic (exact) mass is 563 g/mol. The number of aliphatic hydroxyl groups excluding tert-OH is 1. The van der Waals surface area contributed by atoms with Gasteiger partial charge in [0.15, 0.2) is 0 Å². The van der Waals surface area contributed by atoms with Gasteiger partial charge in [0, 0.05) is 17.0 Å². The van der Waals surface area contributed by atoms with Crippen molar-refractivity contribution in [3.8, 4) is 11.3 Å². The molecule has 0 aliphatic rings. The SMILES string of the molecule is O=C(Cn1[nH]c(-c2ccc(Cl)cc2)c(CCCCC(F)(F)F)c1=O)NC(CO)c1cccc(Cl)c1Cl. The van der Waals surface area contributed by atoms with Crippen LogP contribution in [0.4, 0.5) is 13.2 Å². The number of benzene rings is 2. The topological polar surface area (TPSA) is 87.1 Å².